The lowest BCUT2D eigenvalue weighted by atomic mass is 10.1. The van der Waals surface area contributed by atoms with Gasteiger partial charge in [0, 0.05) is 17.4 Å². The first-order valence-corrected chi connectivity index (χ1v) is 8.63. The molecule has 0 radical (unpaired) electrons. The number of nitrogen functional groups attached to an aromatic ring is 1. The Labute approximate surface area is 135 Å². The number of ether oxygens (including phenoxy) is 2. The largest absolute Gasteiger partial charge is 0.379 e. The predicted octanol–water partition coefficient (Wildman–Crippen LogP) is 1.29. The monoisotopic (exact) mass is 340 g/mol. The van der Waals surface area contributed by atoms with Crippen molar-refractivity contribution in [2.45, 2.75) is 25.2 Å². The summed E-state index contributed by atoms with van der Waals surface area (Å²) in [7, 11) is 0. The highest BCUT2D eigenvalue weighted by Crippen LogP contribution is 2.16. The third kappa shape index (κ3) is 3.80. The number of hydrogen-bond acceptors (Lipinski definition) is 8. The molecule has 3 heterocycles. The van der Waals surface area contributed by atoms with Crippen LogP contribution in [-0.2, 0) is 16.1 Å². The standard InChI is InChI=1S/C13H16N4O3S2/c14-13-17-10(6-22-13)12(18)16-9-1-2-19-4-11(9)20-3-8-5-21-7-15-8/h5-7,9,11H,1-4H2,(H2,14,17)(H,16,18)/t9-,11-/m1/s1. The fourth-order valence-electron chi connectivity index (χ4n) is 2.18. The number of anilines is 1. The van der Waals surface area contributed by atoms with Crippen molar-refractivity contribution in [2.75, 3.05) is 18.9 Å². The van der Waals surface area contributed by atoms with Crippen LogP contribution < -0.4 is 11.1 Å². The van der Waals surface area contributed by atoms with Crippen LogP contribution in [0.4, 0.5) is 5.13 Å². The van der Waals surface area contributed by atoms with Gasteiger partial charge in [0.05, 0.1) is 30.5 Å². The van der Waals surface area contributed by atoms with E-state index in [0.29, 0.717) is 37.1 Å². The molecule has 2 atom stereocenters. The summed E-state index contributed by atoms with van der Waals surface area (Å²) in [5.41, 5.74) is 8.54. The van der Waals surface area contributed by atoms with E-state index in [2.05, 4.69) is 15.3 Å². The third-order valence-corrected chi connectivity index (χ3v) is 4.61. The number of nitrogens with two attached hydrogens (primary N) is 1. The van der Waals surface area contributed by atoms with Gasteiger partial charge in [0.25, 0.3) is 5.91 Å². The van der Waals surface area contributed by atoms with Crippen molar-refractivity contribution in [1.82, 2.24) is 15.3 Å². The maximum absolute atomic E-state index is 12.2. The molecule has 1 amide bonds. The van der Waals surface area contributed by atoms with E-state index in [1.54, 1.807) is 10.9 Å². The van der Waals surface area contributed by atoms with Crippen LogP contribution in [0.25, 0.3) is 0 Å². The molecule has 0 bridgehead atoms. The van der Waals surface area contributed by atoms with Gasteiger partial charge in [0.1, 0.15) is 11.8 Å². The quantitative estimate of drug-likeness (QED) is 0.851. The van der Waals surface area contributed by atoms with Gasteiger partial charge >= 0.3 is 0 Å². The summed E-state index contributed by atoms with van der Waals surface area (Å²) in [6.45, 7) is 1.46. The molecule has 1 saturated heterocycles. The highest BCUT2D eigenvalue weighted by Gasteiger charge is 2.29. The van der Waals surface area contributed by atoms with Crippen molar-refractivity contribution in [3.05, 3.63) is 27.7 Å². The van der Waals surface area contributed by atoms with Gasteiger partial charge in [-0.1, -0.05) is 0 Å². The highest BCUT2D eigenvalue weighted by molar-refractivity contribution is 7.13. The van der Waals surface area contributed by atoms with E-state index in [0.717, 1.165) is 5.69 Å². The van der Waals surface area contributed by atoms with Gasteiger partial charge in [0.2, 0.25) is 0 Å². The Morgan fingerprint density at radius 2 is 2.45 bits per heavy atom. The normalized spacial score (nSPS) is 21.6. The molecule has 0 aromatic carbocycles. The van der Waals surface area contributed by atoms with Crippen LogP contribution in [0.5, 0.6) is 0 Å². The molecule has 2 aromatic rings. The maximum atomic E-state index is 12.2. The van der Waals surface area contributed by atoms with Crippen molar-refractivity contribution >= 4 is 33.7 Å². The van der Waals surface area contributed by atoms with E-state index in [1.165, 1.54) is 22.7 Å². The van der Waals surface area contributed by atoms with Crippen molar-refractivity contribution in [1.29, 1.82) is 0 Å². The van der Waals surface area contributed by atoms with Gasteiger partial charge in [-0.25, -0.2) is 9.97 Å². The molecule has 3 N–H and O–H groups in total. The van der Waals surface area contributed by atoms with Crippen molar-refractivity contribution < 1.29 is 14.3 Å². The lowest BCUT2D eigenvalue weighted by molar-refractivity contribution is -0.0742. The minimum absolute atomic E-state index is 0.109. The second-order valence-corrected chi connectivity index (χ2v) is 6.45. The highest BCUT2D eigenvalue weighted by atomic mass is 32.1. The molecule has 0 aliphatic carbocycles. The molecule has 118 valence electrons. The SMILES string of the molecule is Nc1nc(C(=O)N[C@@H]2CCOC[C@H]2OCc2cscn2)cs1. The predicted molar refractivity (Wildman–Crippen MR) is 83.9 cm³/mol. The van der Waals surface area contributed by atoms with E-state index in [4.69, 9.17) is 15.2 Å². The van der Waals surface area contributed by atoms with Crippen LogP contribution >= 0.6 is 22.7 Å². The van der Waals surface area contributed by atoms with Crippen molar-refractivity contribution in [3.8, 4) is 0 Å². The molecular weight excluding hydrogens is 324 g/mol. The minimum Gasteiger partial charge on any atom is -0.379 e. The summed E-state index contributed by atoms with van der Waals surface area (Å²) in [4.78, 5) is 20.3. The van der Waals surface area contributed by atoms with Crippen molar-refractivity contribution in [3.63, 3.8) is 0 Å². The molecule has 1 fully saturated rings. The zero-order valence-electron chi connectivity index (χ0n) is 11.7. The molecule has 1 aliphatic rings. The number of carbonyl (C=O) groups excluding carboxylic acids is 1. The fourth-order valence-corrected chi connectivity index (χ4v) is 3.26. The summed E-state index contributed by atoms with van der Waals surface area (Å²) < 4.78 is 11.3. The van der Waals surface area contributed by atoms with Gasteiger partial charge in [0.15, 0.2) is 5.13 Å². The summed E-state index contributed by atoms with van der Waals surface area (Å²) in [6.07, 6.45) is 0.503. The number of thiazole rings is 2. The van der Waals surface area contributed by atoms with Gasteiger partial charge in [-0.05, 0) is 6.42 Å². The molecular formula is C13H16N4O3S2. The summed E-state index contributed by atoms with van der Waals surface area (Å²) in [5, 5.41) is 6.93. The van der Waals surface area contributed by atoms with Gasteiger partial charge in [-0.3, -0.25) is 4.79 Å². The smallest absolute Gasteiger partial charge is 0.271 e. The van der Waals surface area contributed by atoms with E-state index in [1.807, 2.05) is 5.38 Å². The topological polar surface area (TPSA) is 99.4 Å². The number of rotatable bonds is 5. The van der Waals surface area contributed by atoms with E-state index in [-0.39, 0.29) is 18.1 Å². The number of nitrogens with one attached hydrogen (secondary N) is 1. The molecule has 1 aliphatic heterocycles. The van der Waals surface area contributed by atoms with E-state index >= 15 is 0 Å². The van der Waals surface area contributed by atoms with E-state index < -0.39 is 0 Å². The molecule has 0 unspecified atom stereocenters. The molecule has 2 aromatic heterocycles. The van der Waals surface area contributed by atoms with Crippen LogP contribution in [-0.4, -0.2) is 41.2 Å². The maximum Gasteiger partial charge on any atom is 0.271 e. The van der Waals surface area contributed by atoms with Crippen LogP contribution in [0.1, 0.15) is 22.6 Å². The van der Waals surface area contributed by atoms with Crippen LogP contribution in [0, 0.1) is 0 Å². The zero-order valence-corrected chi connectivity index (χ0v) is 13.4. The zero-order chi connectivity index (χ0) is 15.4. The summed E-state index contributed by atoms with van der Waals surface area (Å²) in [6, 6.07) is -0.109. The Morgan fingerprint density at radius 3 is 3.18 bits per heavy atom. The Kier molecular flexibility index (Phi) is 4.98. The summed E-state index contributed by atoms with van der Waals surface area (Å²) >= 11 is 2.77. The second kappa shape index (κ2) is 7.14. The molecule has 9 heteroatoms. The van der Waals surface area contributed by atoms with Crippen LogP contribution in [0.2, 0.25) is 0 Å². The Hall–Kier alpha value is -1.55. The van der Waals surface area contributed by atoms with Gasteiger partial charge in [-0.2, -0.15) is 0 Å². The average Bonchev–Trinajstić information content (AvgIpc) is 3.17. The second-order valence-electron chi connectivity index (χ2n) is 4.84. The molecule has 22 heavy (non-hydrogen) atoms. The van der Waals surface area contributed by atoms with Crippen LogP contribution in [0.15, 0.2) is 16.3 Å². The van der Waals surface area contributed by atoms with Gasteiger partial charge < -0.3 is 20.5 Å². The lowest BCUT2D eigenvalue weighted by Gasteiger charge is -2.31. The fraction of sp³-hybridized carbons (Fsp3) is 0.462. The lowest BCUT2D eigenvalue weighted by Crippen LogP contribution is -2.50. The number of nitrogens with zero attached hydrogens (tertiary/aromatic N) is 2. The Bertz CT molecular complexity index is 617. The van der Waals surface area contributed by atoms with Gasteiger partial charge in [-0.15, -0.1) is 22.7 Å². The molecule has 0 spiro atoms. The van der Waals surface area contributed by atoms with Crippen molar-refractivity contribution in [2.24, 2.45) is 0 Å². The first-order chi connectivity index (χ1) is 10.7. The third-order valence-electron chi connectivity index (χ3n) is 3.30. The summed E-state index contributed by atoms with van der Waals surface area (Å²) in [5.74, 6) is -0.234. The first kappa shape index (κ1) is 15.3. The average molecular weight is 340 g/mol. The minimum atomic E-state index is -0.234. The van der Waals surface area contributed by atoms with Crippen LogP contribution in [0.3, 0.4) is 0 Å². The Morgan fingerprint density at radius 1 is 1.55 bits per heavy atom. The molecule has 0 saturated carbocycles. The molecule has 7 nitrogen and oxygen atoms in total. The number of hydrogen-bond donors (Lipinski definition) is 2. The number of aromatic nitrogens is 2. The number of carbonyl (C=O) groups is 1. The first-order valence-electron chi connectivity index (χ1n) is 6.80. The molecule has 3 rings (SSSR count). The Balaban J connectivity index is 1.58. The number of amides is 1. The van der Waals surface area contributed by atoms with E-state index in [9.17, 15) is 4.79 Å².